The SMILES string of the molecule is Cc1cc(F)ccc1CCNC(=O)Cc1nc(CCl)cs1. The second kappa shape index (κ2) is 7.52. The molecule has 0 aliphatic heterocycles. The van der Waals surface area contributed by atoms with Gasteiger partial charge in [-0.15, -0.1) is 22.9 Å². The molecule has 2 aromatic rings. The van der Waals surface area contributed by atoms with Gasteiger partial charge in [-0.25, -0.2) is 9.37 Å². The van der Waals surface area contributed by atoms with Gasteiger partial charge in [0.15, 0.2) is 0 Å². The minimum absolute atomic E-state index is 0.0646. The first-order valence-electron chi connectivity index (χ1n) is 6.59. The van der Waals surface area contributed by atoms with Gasteiger partial charge in [0, 0.05) is 11.9 Å². The maximum atomic E-state index is 13.0. The number of nitrogens with zero attached hydrogens (tertiary/aromatic N) is 1. The number of hydrogen-bond donors (Lipinski definition) is 1. The van der Waals surface area contributed by atoms with Gasteiger partial charge in [0.2, 0.25) is 5.91 Å². The van der Waals surface area contributed by atoms with Crippen LogP contribution in [-0.2, 0) is 23.5 Å². The lowest BCUT2D eigenvalue weighted by Gasteiger charge is -2.07. The number of halogens is 2. The Morgan fingerprint density at radius 3 is 2.95 bits per heavy atom. The lowest BCUT2D eigenvalue weighted by Crippen LogP contribution is -2.27. The van der Waals surface area contributed by atoms with Crippen molar-refractivity contribution in [1.82, 2.24) is 10.3 Å². The zero-order valence-electron chi connectivity index (χ0n) is 11.7. The molecule has 3 nitrogen and oxygen atoms in total. The van der Waals surface area contributed by atoms with Crippen molar-refractivity contribution in [3.63, 3.8) is 0 Å². The molecular weight excluding hydrogens is 311 g/mol. The van der Waals surface area contributed by atoms with Crippen molar-refractivity contribution in [3.8, 4) is 0 Å². The Hall–Kier alpha value is -1.46. The molecule has 0 fully saturated rings. The highest BCUT2D eigenvalue weighted by Crippen LogP contribution is 2.12. The van der Waals surface area contributed by atoms with Crippen molar-refractivity contribution in [1.29, 1.82) is 0 Å². The lowest BCUT2D eigenvalue weighted by atomic mass is 10.1. The number of hydrogen-bond acceptors (Lipinski definition) is 3. The van der Waals surface area contributed by atoms with E-state index in [0.29, 0.717) is 18.8 Å². The Kier molecular flexibility index (Phi) is 5.70. The molecule has 0 saturated carbocycles. The normalized spacial score (nSPS) is 10.6. The third-order valence-corrected chi connectivity index (χ3v) is 4.24. The minimum atomic E-state index is -0.237. The van der Waals surface area contributed by atoms with Gasteiger partial charge in [-0.05, 0) is 36.6 Å². The Morgan fingerprint density at radius 1 is 1.48 bits per heavy atom. The lowest BCUT2D eigenvalue weighted by molar-refractivity contribution is -0.120. The molecule has 0 aliphatic rings. The minimum Gasteiger partial charge on any atom is -0.355 e. The van der Waals surface area contributed by atoms with Crippen molar-refractivity contribution < 1.29 is 9.18 Å². The molecule has 112 valence electrons. The van der Waals surface area contributed by atoms with Crippen LogP contribution in [0.3, 0.4) is 0 Å². The zero-order valence-corrected chi connectivity index (χ0v) is 13.2. The zero-order chi connectivity index (χ0) is 15.2. The molecule has 1 aromatic carbocycles. The number of rotatable bonds is 6. The number of carbonyl (C=O) groups is 1. The van der Waals surface area contributed by atoms with Gasteiger partial charge in [0.25, 0.3) is 0 Å². The summed E-state index contributed by atoms with van der Waals surface area (Å²) in [6, 6.07) is 4.69. The summed E-state index contributed by atoms with van der Waals surface area (Å²) >= 11 is 7.11. The van der Waals surface area contributed by atoms with E-state index in [2.05, 4.69) is 10.3 Å². The van der Waals surface area contributed by atoms with E-state index >= 15 is 0 Å². The first-order valence-corrected chi connectivity index (χ1v) is 8.01. The second-order valence-electron chi connectivity index (χ2n) is 4.71. The van der Waals surface area contributed by atoms with Gasteiger partial charge in [-0.3, -0.25) is 4.79 Å². The summed E-state index contributed by atoms with van der Waals surface area (Å²) in [7, 11) is 0. The van der Waals surface area contributed by atoms with Crippen molar-refractivity contribution >= 4 is 28.8 Å². The van der Waals surface area contributed by atoms with E-state index in [9.17, 15) is 9.18 Å². The highest BCUT2D eigenvalue weighted by Gasteiger charge is 2.08. The summed E-state index contributed by atoms with van der Waals surface area (Å²) in [5.41, 5.74) is 2.73. The Bertz CT molecular complexity index is 630. The molecule has 0 unspecified atom stereocenters. The highest BCUT2D eigenvalue weighted by atomic mass is 35.5. The van der Waals surface area contributed by atoms with E-state index in [4.69, 9.17) is 11.6 Å². The van der Waals surface area contributed by atoms with E-state index in [0.717, 1.165) is 21.8 Å². The molecule has 0 saturated heterocycles. The summed E-state index contributed by atoms with van der Waals surface area (Å²) in [5.74, 6) is 0.0616. The fraction of sp³-hybridized carbons (Fsp3) is 0.333. The fourth-order valence-corrected chi connectivity index (χ4v) is 2.99. The molecular formula is C15H16ClFN2OS. The van der Waals surface area contributed by atoms with Crippen molar-refractivity contribution in [2.45, 2.75) is 25.6 Å². The number of benzene rings is 1. The van der Waals surface area contributed by atoms with Crippen LogP contribution in [0.25, 0.3) is 0 Å². The summed E-state index contributed by atoms with van der Waals surface area (Å²) in [5, 5.41) is 5.47. The van der Waals surface area contributed by atoms with E-state index in [1.165, 1.54) is 23.5 Å². The van der Waals surface area contributed by atoms with Crippen LogP contribution in [0.15, 0.2) is 23.6 Å². The summed E-state index contributed by atoms with van der Waals surface area (Å²) in [4.78, 5) is 16.0. The number of alkyl halides is 1. The predicted octanol–water partition coefficient (Wildman–Crippen LogP) is 3.23. The molecule has 2 rings (SSSR count). The monoisotopic (exact) mass is 326 g/mol. The number of nitrogens with one attached hydrogen (secondary N) is 1. The summed E-state index contributed by atoms with van der Waals surface area (Å²) < 4.78 is 13.0. The molecule has 0 aliphatic carbocycles. The van der Waals surface area contributed by atoms with Crippen LogP contribution >= 0.6 is 22.9 Å². The molecule has 1 heterocycles. The predicted molar refractivity (Wildman–Crippen MR) is 83.2 cm³/mol. The summed E-state index contributed by atoms with van der Waals surface area (Å²) in [6.45, 7) is 2.39. The molecule has 21 heavy (non-hydrogen) atoms. The van der Waals surface area contributed by atoms with Crippen molar-refractivity contribution in [2.24, 2.45) is 0 Å². The molecule has 6 heteroatoms. The van der Waals surface area contributed by atoms with Gasteiger partial charge >= 0.3 is 0 Å². The molecule has 0 atom stereocenters. The quantitative estimate of drug-likeness (QED) is 0.828. The topological polar surface area (TPSA) is 42.0 Å². The van der Waals surface area contributed by atoms with Crippen molar-refractivity contribution in [2.75, 3.05) is 6.54 Å². The van der Waals surface area contributed by atoms with E-state index in [1.54, 1.807) is 6.07 Å². The van der Waals surface area contributed by atoms with Crippen LogP contribution in [0, 0.1) is 12.7 Å². The molecule has 0 radical (unpaired) electrons. The molecule has 0 spiro atoms. The Morgan fingerprint density at radius 2 is 2.29 bits per heavy atom. The van der Waals surface area contributed by atoms with Gasteiger partial charge < -0.3 is 5.32 Å². The Labute approximate surface area is 132 Å². The standard InChI is InChI=1S/C15H16ClFN2OS/c1-10-6-12(17)3-2-11(10)4-5-18-14(20)7-15-19-13(8-16)9-21-15/h2-3,6,9H,4-5,7-8H2,1H3,(H,18,20). The smallest absolute Gasteiger partial charge is 0.226 e. The van der Waals surface area contributed by atoms with Crippen LogP contribution in [0.5, 0.6) is 0 Å². The summed E-state index contributed by atoms with van der Waals surface area (Å²) in [6.07, 6.45) is 0.951. The highest BCUT2D eigenvalue weighted by molar-refractivity contribution is 7.09. The van der Waals surface area contributed by atoms with Gasteiger partial charge in [0.1, 0.15) is 10.8 Å². The molecule has 1 amide bonds. The van der Waals surface area contributed by atoms with Crippen LogP contribution in [0.1, 0.15) is 21.8 Å². The Balaban J connectivity index is 1.78. The van der Waals surface area contributed by atoms with E-state index < -0.39 is 0 Å². The van der Waals surface area contributed by atoms with Crippen molar-refractivity contribution in [3.05, 3.63) is 51.2 Å². The third kappa shape index (κ3) is 4.79. The number of aryl methyl sites for hydroxylation is 1. The number of amides is 1. The molecule has 0 bridgehead atoms. The first kappa shape index (κ1) is 15.9. The number of aromatic nitrogens is 1. The van der Waals surface area contributed by atoms with Crippen LogP contribution in [-0.4, -0.2) is 17.4 Å². The maximum Gasteiger partial charge on any atom is 0.226 e. The average Bonchev–Trinajstić information content (AvgIpc) is 2.89. The van der Waals surface area contributed by atoms with Gasteiger partial charge in [-0.2, -0.15) is 0 Å². The van der Waals surface area contributed by atoms with Crippen LogP contribution in [0.2, 0.25) is 0 Å². The average molecular weight is 327 g/mol. The fourth-order valence-electron chi connectivity index (χ4n) is 1.97. The van der Waals surface area contributed by atoms with E-state index in [1.807, 2.05) is 12.3 Å². The van der Waals surface area contributed by atoms with Gasteiger partial charge in [0.05, 0.1) is 18.0 Å². The molecule has 1 aromatic heterocycles. The number of thiazole rings is 1. The largest absolute Gasteiger partial charge is 0.355 e. The maximum absolute atomic E-state index is 13.0. The van der Waals surface area contributed by atoms with E-state index in [-0.39, 0.29) is 18.1 Å². The van der Waals surface area contributed by atoms with Crippen LogP contribution in [0.4, 0.5) is 4.39 Å². The first-order chi connectivity index (χ1) is 10.1. The van der Waals surface area contributed by atoms with Crippen LogP contribution < -0.4 is 5.32 Å². The molecule has 1 N–H and O–H groups in total. The second-order valence-corrected chi connectivity index (χ2v) is 5.92. The third-order valence-electron chi connectivity index (χ3n) is 3.07. The van der Waals surface area contributed by atoms with Gasteiger partial charge in [-0.1, -0.05) is 6.07 Å². The number of carbonyl (C=O) groups excluding carboxylic acids is 1.